The normalized spacial score (nSPS) is 13.2. The van der Waals surface area contributed by atoms with Crippen LogP contribution >= 0.6 is 11.6 Å². The van der Waals surface area contributed by atoms with Crippen LogP contribution in [0.1, 0.15) is 50.9 Å². The van der Waals surface area contributed by atoms with Gasteiger partial charge >= 0.3 is 0 Å². The molecule has 0 unspecified atom stereocenters. The number of aromatic amines is 1. The predicted octanol–water partition coefficient (Wildman–Crippen LogP) is 3.19. The standard InChI is InChI=1S/C19H15ClF2N6O2/c20-12-4-14(22)13(21)3-11(12)18(29)26-16-5-15(27-28-16)19(30)24-7-10-6-23-8-25-17(10)9-1-2-9/h3-6,8-9H,1-2,7H2,(H,24,30)(H2,26,27,28,29). The van der Waals surface area contributed by atoms with E-state index in [0.717, 1.165) is 24.1 Å². The number of nitrogens with zero attached hydrogens (tertiary/aromatic N) is 3. The number of H-pyrrole nitrogens is 1. The largest absolute Gasteiger partial charge is 0.347 e. The molecular formula is C19H15ClF2N6O2. The van der Waals surface area contributed by atoms with Gasteiger partial charge in [-0.3, -0.25) is 14.7 Å². The van der Waals surface area contributed by atoms with Crippen molar-refractivity contribution in [3.63, 3.8) is 0 Å². The molecule has 2 amide bonds. The maximum atomic E-state index is 13.4. The Hall–Kier alpha value is -3.40. The lowest BCUT2D eigenvalue weighted by molar-refractivity contribution is 0.0944. The highest BCUT2D eigenvalue weighted by atomic mass is 35.5. The van der Waals surface area contributed by atoms with Crippen LogP contribution in [-0.2, 0) is 6.54 Å². The van der Waals surface area contributed by atoms with Gasteiger partial charge in [-0.2, -0.15) is 5.10 Å². The molecule has 30 heavy (non-hydrogen) atoms. The van der Waals surface area contributed by atoms with Crippen molar-refractivity contribution in [3.8, 4) is 0 Å². The van der Waals surface area contributed by atoms with Gasteiger partial charge in [0.1, 0.15) is 12.0 Å². The molecule has 0 bridgehead atoms. The molecule has 1 aliphatic carbocycles. The minimum absolute atomic E-state index is 0.0210. The number of benzene rings is 1. The van der Waals surface area contributed by atoms with E-state index in [1.807, 2.05) is 0 Å². The minimum Gasteiger partial charge on any atom is -0.347 e. The fourth-order valence-corrected chi connectivity index (χ4v) is 3.12. The van der Waals surface area contributed by atoms with Crippen molar-refractivity contribution in [2.24, 2.45) is 0 Å². The number of nitrogens with one attached hydrogen (secondary N) is 3. The lowest BCUT2D eigenvalue weighted by atomic mass is 10.1. The predicted molar refractivity (Wildman–Crippen MR) is 103 cm³/mol. The molecule has 11 heteroatoms. The molecule has 154 valence electrons. The molecule has 3 aromatic rings. The van der Waals surface area contributed by atoms with Gasteiger partial charge in [-0.15, -0.1) is 0 Å². The summed E-state index contributed by atoms with van der Waals surface area (Å²) in [5.74, 6) is -3.18. The second-order valence-corrected chi connectivity index (χ2v) is 7.16. The Bertz CT molecular complexity index is 1130. The first-order valence-electron chi connectivity index (χ1n) is 9.00. The lowest BCUT2D eigenvalue weighted by Gasteiger charge is -2.07. The molecule has 1 saturated carbocycles. The molecule has 0 radical (unpaired) electrons. The smallest absolute Gasteiger partial charge is 0.269 e. The Balaban J connectivity index is 1.40. The minimum atomic E-state index is -1.21. The fraction of sp³-hybridized carbons (Fsp3) is 0.211. The summed E-state index contributed by atoms with van der Waals surface area (Å²) in [4.78, 5) is 32.9. The monoisotopic (exact) mass is 432 g/mol. The number of carbonyl (C=O) groups is 2. The molecule has 2 aromatic heterocycles. The number of hydrogen-bond acceptors (Lipinski definition) is 5. The van der Waals surface area contributed by atoms with Crippen LogP contribution in [0.5, 0.6) is 0 Å². The number of carbonyl (C=O) groups excluding carboxylic acids is 2. The van der Waals surface area contributed by atoms with Crippen molar-refractivity contribution in [1.29, 1.82) is 0 Å². The van der Waals surface area contributed by atoms with Gasteiger partial charge in [0, 0.05) is 30.3 Å². The molecule has 4 rings (SSSR count). The summed E-state index contributed by atoms with van der Waals surface area (Å²) in [6.07, 6.45) is 5.31. The number of hydrogen-bond donors (Lipinski definition) is 3. The van der Waals surface area contributed by atoms with Crippen LogP contribution in [0, 0.1) is 11.6 Å². The summed E-state index contributed by atoms with van der Waals surface area (Å²) in [6.45, 7) is 0.247. The van der Waals surface area contributed by atoms with Crippen molar-refractivity contribution in [2.45, 2.75) is 25.3 Å². The van der Waals surface area contributed by atoms with Crippen molar-refractivity contribution >= 4 is 29.2 Å². The maximum absolute atomic E-state index is 13.4. The first-order chi connectivity index (χ1) is 14.4. The molecule has 8 nitrogen and oxygen atoms in total. The van der Waals surface area contributed by atoms with Gasteiger partial charge in [0.2, 0.25) is 0 Å². The van der Waals surface area contributed by atoms with Gasteiger partial charge in [0.25, 0.3) is 11.8 Å². The Morgan fingerprint density at radius 1 is 1.17 bits per heavy atom. The quantitative estimate of drug-likeness (QED) is 0.518. The fourth-order valence-electron chi connectivity index (χ4n) is 2.88. The summed E-state index contributed by atoms with van der Waals surface area (Å²) in [6, 6.07) is 2.70. The van der Waals surface area contributed by atoms with E-state index in [0.29, 0.717) is 18.1 Å². The number of amides is 2. The van der Waals surface area contributed by atoms with Crippen LogP contribution < -0.4 is 10.6 Å². The number of anilines is 1. The highest BCUT2D eigenvalue weighted by molar-refractivity contribution is 6.34. The van der Waals surface area contributed by atoms with Gasteiger partial charge in [-0.1, -0.05) is 11.6 Å². The molecule has 1 aliphatic rings. The summed E-state index contributed by atoms with van der Waals surface area (Å²) in [5, 5.41) is 11.2. The van der Waals surface area contributed by atoms with Crippen molar-refractivity contribution in [1.82, 2.24) is 25.5 Å². The van der Waals surface area contributed by atoms with Crippen LogP contribution in [0.2, 0.25) is 5.02 Å². The molecule has 0 spiro atoms. The zero-order valence-electron chi connectivity index (χ0n) is 15.4. The zero-order valence-corrected chi connectivity index (χ0v) is 16.1. The Morgan fingerprint density at radius 3 is 2.70 bits per heavy atom. The molecule has 0 atom stereocenters. The third-order valence-corrected chi connectivity index (χ3v) is 4.86. The summed E-state index contributed by atoms with van der Waals surface area (Å²) in [7, 11) is 0. The van der Waals surface area contributed by atoms with Crippen molar-refractivity contribution in [3.05, 3.63) is 69.9 Å². The molecule has 0 aliphatic heterocycles. The first-order valence-corrected chi connectivity index (χ1v) is 9.38. The lowest BCUT2D eigenvalue weighted by Crippen LogP contribution is -2.24. The average molecular weight is 433 g/mol. The van der Waals surface area contributed by atoms with Crippen LogP contribution in [0.3, 0.4) is 0 Å². The van der Waals surface area contributed by atoms with E-state index in [1.54, 1.807) is 6.20 Å². The highest BCUT2D eigenvalue weighted by Crippen LogP contribution is 2.40. The maximum Gasteiger partial charge on any atom is 0.269 e. The van der Waals surface area contributed by atoms with Crippen molar-refractivity contribution < 1.29 is 18.4 Å². The van der Waals surface area contributed by atoms with E-state index in [4.69, 9.17) is 11.6 Å². The molecule has 1 fully saturated rings. The van der Waals surface area contributed by atoms with Crippen LogP contribution in [0.4, 0.5) is 14.6 Å². The summed E-state index contributed by atoms with van der Waals surface area (Å²) in [5.41, 5.74) is 1.62. The van der Waals surface area contributed by atoms with Gasteiger partial charge in [0.15, 0.2) is 17.5 Å². The van der Waals surface area contributed by atoms with E-state index in [9.17, 15) is 18.4 Å². The Labute approximate surface area is 174 Å². The van der Waals surface area contributed by atoms with E-state index >= 15 is 0 Å². The van der Waals surface area contributed by atoms with E-state index < -0.39 is 23.4 Å². The average Bonchev–Trinajstić information content (AvgIpc) is 3.47. The molecule has 2 heterocycles. The van der Waals surface area contributed by atoms with Crippen molar-refractivity contribution in [2.75, 3.05) is 5.32 Å². The molecular weight excluding hydrogens is 418 g/mol. The van der Waals surface area contributed by atoms with Gasteiger partial charge < -0.3 is 10.6 Å². The third kappa shape index (κ3) is 4.28. The van der Waals surface area contributed by atoms with E-state index in [1.165, 1.54) is 12.4 Å². The molecule has 0 saturated heterocycles. The number of aromatic nitrogens is 4. The SMILES string of the molecule is O=C(NCc1cncnc1C1CC1)c1cc(NC(=O)c2cc(F)c(F)cc2Cl)n[nH]1. The zero-order chi connectivity index (χ0) is 21.3. The van der Waals surface area contributed by atoms with Gasteiger partial charge in [0.05, 0.1) is 16.3 Å². The van der Waals surface area contributed by atoms with Crippen LogP contribution in [0.15, 0.2) is 30.7 Å². The van der Waals surface area contributed by atoms with Gasteiger partial charge in [-0.05, 0) is 25.0 Å². The van der Waals surface area contributed by atoms with Crippen LogP contribution in [0.25, 0.3) is 0 Å². The Kier molecular flexibility index (Phi) is 5.40. The van der Waals surface area contributed by atoms with E-state index in [-0.39, 0.29) is 28.6 Å². The second-order valence-electron chi connectivity index (χ2n) is 6.76. The second kappa shape index (κ2) is 8.15. The molecule has 3 N–H and O–H groups in total. The third-order valence-electron chi connectivity index (χ3n) is 4.54. The van der Waals surface area contributed by atoms with Crippen LogP contribution in [-0.4, -0.2) is 32.0 Å². The highest BCUT2D eigenvalue weighted by Gasteiger charge is 2.27. The van der Waals surface area contributed by atoms with Gasteiger partial charge in [-0.25, -0.2) is 18.7 Å². The van der Waals surface area contributed by atoms with E-state index in [2.05, 4.69) is 30.8 Å². The molecule has 1 aromatic carbocycles. The first kappa shape index (κ1) is 19.9. The Morgan fingerprint density at radius 2 is 1.93 bits per heavy atom. The number of halogens is 3. The summed E-state index contributed by atoms with van der Waals surface area (Å²) < 4.78 is 26.5. The summed E-state index contributed by atoms with van der Waals surface area (Å²) >= 11 is 5.79. The number of rotatable bonds is 6. The topological polar surface area (TPSA) is 113 Å².